The van der Waals surface area contributed by atoms with Crippen LogP contribution in [0.3, 0.4) is 0 Å². The van der Waals surface area contributed by atoms with Gasteiger partial charge in [-0.1, -0.05) is 6.07 Å². The molecule has 1 aromatic heterocycles. The number of aromatic nitrogens is 1. The lowest BCUT2D eigenvalue weighted by Crippen LogP contribution is -2.22. The second kappa shape index (κ2) is 4.26. The van der Waals surface area contributed by atoms with Gasteiger partial charge in [0.1, 0.15) is 0 Å². The fraction of sp³-hybridized carbons (Fsp3) is 0.250. The van der Waals surface area contributed by atoms with E-state index in [1.807, 2.05) is 24.4 Å². The molecule has 0 fully saturated rings. The Hall–Kier alpha value is -1.97. The third kappa shape index (κ3) is 2.16. The standard InChI is InChI=1S/C12H15N3O/c1-8(16)14-5-4-9-7-15-12-6-10(13)2-3-11(9)12/h2-3,6-7,15H,4-5,13H2,1H3,(H,14,16). The molecule has 1 amide bonds. The van der Waals surface area contributed by atoms with Crippen molar-refractivity contribution in [3.8, 4) is 0 Å². The Morgan fingerprint density at radius 3 is 3.06 bits per heavy atom. The molecule has 0 aliphatic heterocycles. The van der Waals surface area contributed by atoms with E-state index >= 15 is 0 Å². The van der Waals surface area contributed by atoms with E-state index in [9.17, 15) is 4.79 Å². The minimum absolute atomic E-state index is 0.00378. The van der Waals surface area contributed by atoms with Crippen LogP contribution in [0.2, 0.25) is 0 Å². The molecule has 4 nitrogen and oxygen atoms in total. The van der Waals surface area contributed by atoms with Gasteiger partial charge >= 0.3 is 0 Å². The molecule has 2 rings (SSSR count). The second-order valence-corrected chi connectivity index (χ2v) is 3.85. The number of H-pyrrole nitrogens is 1. The maximum atomic E-state index is 10.7. The minimum atomic E-state index is 0.00378. The van der Waals surface area contributed by atoms with Gasteiger partial charge in [0.2, 0.25) is 5.91 Å². The maximum absolute atomic E-state index is 10.7. The van der Waals surface area contributed by atoms with Crippen LogP contribution in [-0.4, -0.2) is 17.4 Å². The number of carbonyl (C=O) groups excluding carboxylic acids is 1. The molecule has 0 aliphatic rings. The molecule has 0 radical (unpaired) electrons. The zero-order valence-corrected chi connectivity index (χ0v) is 9.21. The lowest BCUT2D eigenvalue weighted by Gasteiger charge is -2.01. The zero-order valence-electron chi connectivity index (χ0n) is 9.21. The van der Waals surface area contributed by atoms with Crippen molar-refractivity contribution in [1.29, 1.82) is 0 Å². The number of anilines is 1. The topological polar surface area (TPSA) is 70.9 Å². The molecule has 4 N–H and O–H groups in total. The van der Waals surface area contributed by atoms with Gasteiger partial charge in [0.05, 0.1) is 0 Å². The van der Waals surface area contributed by atoms with E-state index in [1.165, 1.54) is 17.9 Å². The number of rotatable bonds is 3. The summed E-state index contributed by atoms with van der Waals surface area (Å²) in [6, 6.07) is 5.81. The largest absolute Gasteiger partial charge is 0.399 e. The predicted molar refractivity (Wildman–Crippen MR) is 65.1 cm³/mol. The monoisotopic (exact) mass is 217 g/mol. The van der Waals surface area contributed by atoms with Crippen LogP contribution >= 0.6 is 0 Å². The number of carbonyl (C=O) groups is 1. The van der Waals surface area contributed by atoms with E-state index in [-0.39, 0.29) is 5.91 Å². The fourth-order valence-corrected chi connectivity index (χ4v) is 1.78. The van der Waals surface area contributed by atoms with Gasteiger partial charge in [0, 0.05) is 36.3 Å². The SMILES string of the molecule is CC(=O)NCCc1c[nH]c2cc(N)ccc12. The van der Waals surface area contributed by atoms with Gasteiger partial charge in [-0.3, -0.25) is 4.79 Å². The van der Waals surface area contributed by atoms with Crippen molar-refractivity contribution in [1.82, 2.24) is 10.3 Å². The molecule has 1 aromatic carbocycles. The first-order valence-corrected chi connectivity index (χ1v) is 5.27. The Bertz CT molecular complexity index is 516. The quantitative estimate of drug-likeness (QED) is 0.680. The van der Waals surface area contributed by atoms with E-state index in [1.54, 1.807) is 0 Å². The minimum Gasteiger partial charge on any atom is -0.399 e. The number of benzene rings is 1. The van der Waals surface area contributed by atoms with E-state index in [0.29, 0.717) is 6.54 Å². The normalized spacial score (nSPS) is 10.6. The zero-order chi connectivity index (χ0) is 11.5. The average molecular weight is 217 g/mol. The van der Waals surface area contributed by atoms with Gasteiger partial charge in [0.25, 0.3) is 0 Å². The molecule has 0 saturated carbocycles. The predicted octanol–water partition coefficient (Wildman–Crippen LogP) is 1.43. The van der Waals surface area contributed by atoms with E-state index < -0.39 is 0 Å². The Kier molecular flexibility index (Phi) is 2.81. The van der Waals surface area contributed by atoms with Crippen molar-refractivity contribution >= 4 is 22.5 Å². The number of nitrogens with two attached hydrogens (primary N) is 1. The van der Waals surface area contributed by atoms with Crippen molar-refractivity contribution in [2.45, 2.75) is 13.3 Å². The molecular formula is C12H15N3O. The van der Waals surface area contributed by atoms with Gasteiger partial charge in [-0.05, 0) is 24.1 Å². The number of amides is 1. The lowest BCUT2D eigenvalue weighted by molar-refractivity contribution is -0.118. The summed E-state index contributed by atoms with van der Waals surface area (Å²) in [6.07, 6.45) is 2.79. The highest BCUT2D eigenvalue weighted by atomic mass is 16.1. The number of nitrogen functional groups attached to an aromatic ring is 1. The first kappa shape index (κ1) is 10.5. The highest BCUT2D eigenvalue weighted by Gasteiger charge is 2.03. The summed E-state index contributed by atoms with van der Waals surface area (Å²) >= 11 is 0. The third-order valence-electron chi connectivity index (χ3n) is 2.56. The summed E-state index contributed by atoms with van der Waals surface area (Å²) in [4.78, 5) is 13.9. The van der Waals surface area contributed by atoms with Gasteiger partial charge < -0.3 is 16.0 Å². The highest BCUT2D eigenvalue weighted by molar-refractivity contribution is 5.85. The van der Waals surface area contributed by atoms with Crippen LogP contribution < -0.4 is 11.1 Å². The summed E-state index contributed by atoms with van der Waals surface area (Å²) in [5, 5.41) is 3.95. The molecule has 4 heteroatoms. The number of aromatic amines is 1. The first-order valence-electron chi connectivity index (χ1n) is 5.27. The summed E-state index contributed by atoms with van der Waals surface area (Å²) in [6.45, 7) is 2.18. The summed E-state index contributed by atoms with van der Waals surface area (Å²) in [5.74, 6) is 0.00378. The van der Waals surface area contributed by atoms with Crippen molar-refractivity contribution < 1.29 is 4.79 Å². The molecule has 0 bridgehead atoms. The van der Waals surface area contributed by atoms with Crippen LogP contribution in [0.4, 0.5) is 5.69 Å². The maximum Gasteiger partial charge on any atom is 0.216 e. The van der Waals surface area contributed by atoms with Crippen LogP contribution in [-0.2, 0) is 11.2 Å². The van der Waals surface area contributed by atoms with Crippen LogP contribution in [0.1, 0.15) is 12.5 Å². The van der Waals surface area contributed by atoms with Gasteiger partial charge in [-0.2, -0.15) is 0 Å². The average Bonchev–Trinajstić information content (AvgIpc) is 2.60. The Balaban J connectivity index is 2.15. The smallest absolute Gasteiger partial charge is 0.216 e. The number of hydrogen-bond donors (Lipinski definition) is 3. The molecular weight excluding hydrogens is 202 g/mol. The van der Waals surface area contributed by atoms with Crippen molar-refractivity contribution in [2.24, 2.45) is 0 Å². The first-order chi connectivity index (χ1) is 7.66. The number of fused-ring (bicyclic) bond motifs is 1. The summed E-state index contributed by atoms with van der Waals surface area (Å²) < 4.78 is 0. The molecule has 0 aliphatic carbocycles. The van der Waals surface area contributed by atoms with Gasteiger partial charge in [-0.15, -0.1) is 0 Å². The van der Waals surface area contributed by atoms with Crippen molar-refractivity contribution in [2.75, 3.05) is 12.3 Å². The molecule has 1 heterocycles. The third-order valence-corrected chi connectivity index (χ3v) is 2.56. The van der Waals surface area contributed by atoms with Crippen LogP contribution in [0.5, 0.6) is 0 Å². The highest BCUT2D eigenvalue weighted by Crippen LogP contribution is 2.20. The summed E-state index contributed by atoms with van der Waals surface area (Å²) in [5.41, 5.74) is 8.69. The van der Waals surface area contributed by atoms with E-state index in [4.69, 9.17) is 5.73 Å². The number of nitrogens with one attached hydrogen (secondary N) is 2. The van der Waals surface area contributed by atoms with E-state index in [2.05, 4.69) is 10.3 Å². The van der Waals surface area contributed by atoms with Gasteiger partial charge in [-0.25, -0.2) is 0 Å². The molecule has 0 saturated heterocycles. The van der Waals surface area contributed by atoms with Crippen LogP contribution in [0.25, 0.3) is 10.9 Å². The molecule has 2 aromatic rings. The molecule has 0 spiro atoms. The van der Waals surface area contributed by atoms with Gasteiger partial charge in [0.15, 0.2) is 0 Å². The Morgan fingerprint density at radius 1 is 1.50 bits per heavy atom. The number of hydrogen-bond acceptors (Lipinski definition) is 2. The molecule has 0 atom stereocenters. The summed E-state index contributed by atoms with van der Waals surface area (Å²) in [7, 11) is 0. The second-order valence-electron chi connectivity index (χ2n) is 3.85. The van der Waals surface area contributed by atoms with Crippen molar-refractivity contribution in [3.05, 3.63) is 30.0 Å². The Labute approximate surface area is 93.8 Å². The Morgan fingerprint density at radius 2 is 2.31 bits per heavy atom. The van der Waals surface area contributed by atoms with E-state index in [0.717, 1.165) is 17.6 Å². The lowest BCUT2D eigenvalue weighted by atomic mass is 10.1. The van der Waals surface area contributed by atoms with Crippen LogP contribution in [0.15, 0.2) is 24.4 Å². The molecule has 0 unspecified atom stereocenters. The fourth-order valence-electron chi connectivity index (χ4n) is 1.78. The van der Waals surface area contributed by atoms with Crippen LogP contribution in [0, 0.1) is 0 Å². The van der Waals surface area contributed by atoms with Crippen molar-refractivity contribution in [3.63, 3.8) is 0 Å². The molecule has 84 valence electrons. The molecule has 16 heavy (non-hydrogen) atoms.